The highest BCUT2D eigenvalue weighted by atomic mass is 79.9. The summed E-state index contributed by atoms with van der Waals surface area (Å²) in [5.74, 6) is -1.96. The molecule has 0 fully saturated rings. The molecule has 1 rings (SSSR count). The maximum absolute atomic E-state index is 13.3. The van der Waals surface area contributed by atoms with Gasteiger partial charge in [-0.25, -0.2) is 8.78 Å². The molecule has 0 bridgehead atoms. The maximum Gasteiger partial charge on any atom is 0.250 e. The Morgan fingerprint density at radius 3 is 2.76 bits per heavy atom. The molecule has 0 saturated heterocycles. The van der Waals surface area contributed by atoms with Gasteiger partial charge in [-0.3, -0.25) is 4.79 Å². The van der Waals surface area contributed by atoms with Crippen LogP contribution in [0.1, 0.15) is 0 Å². The molecule has 0 unspecified atom stereocenters. The van der Waals surface area contributed by atoms with Crippen molar-refractivity contribution in [2.24, 2.45) is 5.73 Å². The molecule has 0 aliphatic carbocycles. The highest BCUT2D eigenvalue weighted by molar-refractivity contribution is 9.10. The fourth-order valence-corrected chi connectivity index (χ4v) is 1.37. The van der Waals surface area contributed by atoms with Crippen LogP contribution < -0.4 is 11.1 Å². The van der Waals surface area contributed by atoms with E-state index in [-0.39, 0.29) is 29.9 Å². The number of amides is 1. The second-order valence-corrected chi connectivity index (χ2v) is 3.99. The molecule has 0 heterocycles. The highest BCUT2D eigenvalue weighted by Crippen LogP contribution is 2.23. The number of nitrogens with two attached hydrogens (primary N) is 1. The molecule has 1 aromatic rings. The van der Waals surface area contributed by atoms with Crippen LogP contribution in [0.5, 0.6) is 0 Å². The summed E-state index contributed by atoms with van der Waals surface area (Å²) in [6.07, 6.45) is 0. The largest absolute Gasteiger partial charge is 0.370 e. The standard InChI is InChI=1S/C10H11BrF2N2O2/c11-6-3-8(13)9(4-7(6)12)15-10(16)5-17-2-1-14/h3-4H,1-2,5,14H2,(H,15,16). The third kappa shape index (κ3) is 4.37. The first kappa shape index (κ1) is 14.0. The monoisotopic (exact) mass is 308 g/mol. The molecule has 0 aromatic heterocycles. The van der Waals surface area contributed by atoms with Crippen LogP contribution in [0.15, 0.2) is 16.6 Å². The molecule has 0 spiro atoms. The molecule has 0 atom stereocenters. The number of nitrogens with one attached hydrogen (secondary N) is 1. The Kier molecular flexibility index (Phi) is 5.46. The van der Waals surface area contributed by atoms with Crippen LogP contribution in [0, 0.1) is 11.6 Å². The van der Waals surface area contributed by atoms with Crippen LogP contribution in [-0.4, -0.2) is 25.7 Å². The third-order valence-electron chi connectivity index (χ3n) is 1.78. The summed E-state index contributed by atoms with van der Waals surface area (Å²) in [5, 5.41) is 2.20. The van der Waals surface area contributed by atoms with Gasteiger partial charge in [-0.2, -0.15) is 0 Å². The summed E-state index contributed by atoms with van der Waals surface area (Å²) in [5.41, 5.74) is 4.93. The number of ether oxygens (including phenoxy) is 1. The molecule has 1 amide bonds. The minimum absolute atomic E-state index is 0.00705. The van der Waals surface area contributed by atoms with Gasteiger partial charge in [0.1, 0.15) is 18.2 Å². The zero-order chi connectivity index (χ0) is 12.8. The first-order chi connectivity index (χ1) is 8.04. The SMILES string of the molecule is NCCOCC(=O)Nc1cc(F)c(Br)cc1F. The fourth-order valence-electron chi connectivity index (χ4n) is 1.05. The quantitative estimate of drug-likeness (QED) is 0.642. The summed E-state index contributed by atoms with van der Waals surface area (Å²) in [4.78, 5) is 11.3. The van der Waals surface area contributed by atoms with Crippen molar-refractivity contribution in [3.05, 3.63) is 28.2 Å². The van der Waals surface area contributed by atoms with Gasteiger partial charge in [0.15, 0.2) is 0 Å². The highest BCUT2D eigenvalue weighted by Gasteiger charge is 2.11. The number of rotatable bonds is 5. The first-order valence-corrected chi connectivity index (χ1v) is 5.56. The number of carbonyl (C=O) groups excluding carboxylic acids is 1. The van der Waals surface area contributed by atoms with Crippen LogP contribution in [0.25, 0.3) is 0 Å². The van der Waals surface area contributed by atoms with Crippen LogP contribution >= 0.6 is 15.9 Å². The molecule has 0 aliphatic heterocycles. The van der Waals surface area contributed by atoms with Crippen molar-refractivity contribution in [2.45, 2.75) is 0 Å². The molecule has 7 heteroatoms. The topological polar surface area (TPSA) is 64.3 Å². The predicted molar refractivity (Wildman–Crippen MR) is 62.6 cm³/mol. The van der Waals surface area contributed by atoms with E-state index in [0.717, 1.165) is 12.1 Å². The van der Waals surface area contributed by atoms with Gasteiger partial charge in [-0.05, 0) is 22.0 Å². The Morgan fingerprint density at radius 1 is 1.41 bits per heavy atom. The van der Waals surface area contributed by atoms with Gasteiger partial charge in [0.2, 0.25) is 5.91 Å². The lowest BCUT2D eigenvalue weighted by Gasteiger charge is -2.07. The molecule has 3 N–H and O–H groups in total. The molecule has 4 nitrogen and oxygen atoms in total. The molecular formula is C10H11BrF2N2O2. The minimum atomic E-state index is -0.731. The smallest absolute Gasteiger partial charge is 0.250 e. The van der Waals surface area contributed by atoms with E-state index in [0.29, 0.717) is 0 Å². The summed E-state index contributed by atoms with van der Waals surface area (Å²) in [6, 6.07) is 1.83. The van der Waals surface area contributed by atoms with Crippen LogP contribution in [0.2, 0.25) is 0 Å². The van der Waals surface area contributed by atoms with Crippen LogP contribution in [0.3, 0.4) is 0 Å². The van der Waals surface area contributed by atoms with Gasteiger partial charge in [0, 0.05) is 12.6 Å². The van der Waals surface area contributed by atoms with E-state index in [9.17, 15) is 13.6 Å². The van der Waals surface area contributed by atoms with Crippen molar-refractivity contribution in [1.29, 1.82) is 0 Å². The maximum atomic E-state index is 13.3. The van der Waals surface area contributed by atoms with Gasteiger partial charge in [-0.15, -0.1) is 0 Å². The van der Waals surface area contributed by atoms with Crippen molar-refractivity contribution >= 4 is 27.5 Å². The predicted octanol–water partition coefficient (Wildman–Crippen LogP) is 1.64. The van der Waals surface area contributed by atoms with Crippen LogP contribution in [-0.2, 0) is 9.53 Å². The molecule has 94 valence electrons. The van der Waals surface area contributed by atoms with Crippen molar-refractivity contribution < 1.29 is 18.3 Å². The van der Waals surface area contributed by atoms with E-state index in [2.05, 4.69) is 21.2 Å². The van der Waals surface area contributed by atoms with E-state index in [4.69, 9.17) is 10.5 Å². The second-order valence-electron chi connectivity index (χ2n) is 3.14. The lowest BCUT2D eigenvalue weighted by Crippen LogP contribution is -2.21. The van der Waals surface area contributed by atoms with Gasteiger partial charge in [0.25, 0.3) is 0 Å². The van der Waals surface area contributed by atoms with E-state index in [1.54, 1.807) is 0 Å². The third-order valence-corrected chi connectivity index (χ3v) is 2.39. The van der Waals surface area contributed by atoms with Crippen molar-refractivity contribution in [3.8, 4) is 0 Å². The van der Waals surface area contributed by atoms with E-state index < -0.39 is 17.5 Å². The Balaban J connectivity index is 2.62. The first-order valence-electron chi connectivity index (χ1n) is 4.76. The average molecular weight is 309 g/mol. The van der Waals surface area contributed by atoms with Gasteiger partial charge < -0.3 is 15.8 Å². The van der Waals surface area contributed by atoms with Crippen molar-refractivity contribution in [2.75, 3.05) is 25.1 Å². The number of carbonyl (C=O) groups is 1. The van der Waals surface area contributed by atoms with Gasteiger partial charge >= 0.3 is 0 Å². The van der Waals surface area contributed by atoms with Crippen molar-refractivity contribution in [3.63, 3.8) is 0 Å². The Morgan fingerprint density at radius 2 is 2.12 bits per heavy atom. The number of hydrogen-bond acceptors (Lipinski definition) is 3. The van der Waals surface area contributed by atoms with E-state index >= 15 is 0 Å². The minimum Gasteiger partial charge on any atom is -0.370 e. The zero-order valence-corrected chi connectivity index (χ0v) is 10.4. The Bertz CT molecular complexity index is 416. The summed E-state index contributed by atoms with van der Waals surface area (Å²) < 4.78 is 31.3. The molecule has 17 heavy (non-hydrogen) atoms. The Hall–Kier alpha value is -1.05. The lowest BCUT2D eigenvalue weighted by molar-refractivity contribution is -0.120. The lowest BCUT2D eigenvalue weighted by atomic mass is 10.3. The normalized spacial score (nSPS) is 10.4. The molecule has 1 aromatic carbocycles. The van der Waals surface area contributed by atoms with E-state index in [1.165, 1.54) is 0 Å². The average Bonchev–Trinajstić information content (AvgIpc) is 2.26. The number of halogens is 3. The van der Waals surface area contributed by atoms with Gasteiger partial charge in [-0.1, -0.05) is 0 Å². The van der Waals surface area contributed by atoms with Crippen LogP contribution in [0.4, 0.5) is 14.5 Å². The fraction of sp³-hybridized carbons (Fsp3) is 0.300. The number of benzene rings is 1. The molecule has 0 radical (unpaired) electrons. The summed E-state index contributed by atoms with van der Waals surface area (Å²) in [6.45, 7) is 0.257. The molecular weight excluding hydrogens is 298 g/mol. The number of hydrogen-bond donors (Lipinski definition) is 2. The van der Waals surface area contributed by atoms with E-state index in [1.807, 2.05) is 0 Å². The zero-order valence-electron chi connectivity index (χ0n) is 8.80. The van der Waals surface area contributed by atoms with Crippen molar-refractivity contribution in [1.82, 2.24) is 0 Å². The molecule has 0 aliphatic rings. The van der Waals surface area contributed by atoms with Gasteiger partial charge in [0.05, 0.1) is 16.8 Å². The molecule has 0 saturated carbocycles. The Labute approximate surface area is 105 Å². The summed E-state index contributed by atoms with van der Waals surface area (Å²) >= 11 is 2.83. The summed E-state index contributed by atoms with van der Waals surface area (Å²) in [7, 11) is 0. The number of anilines is 1. The second kappa shape index (κ2) is 6.63.